The van der Waals surface area contributed by atoms with E-state index in [0.29, 0.717) is 6.04 Å². The van der Waals surface area contributed by atoms with E-state index in [2.05, 4.69) is 12.2 Å². The second-order valence-corrected chi connectivity index (χ2v) is 4.54. The molecule has 0 aromatic carbocycles. The van der Waals surface area contributed by atoms with Crippen LogP contribution in [-0.4, -0.2) is 36.5 Å². The summed E-state index contributed by atoms with van der Waals surface area (Å²) in [7, 11) is 1.88. The van der Waals surface area contributed by atoms with Gasteiger partial charge in [-0.2, -0.15) is 0 Å². The molecule has 1 atom stereocenters. The van der Waals surface area contributed by atoms with Gasteiger partial charge in [-0.3, -0.25) is 4.79 Å². The first-order valence-corrected chi connectivity index (χ1v) is 5.18. The summed E-state index contributed by atoms with van der Waals surface area (Å²) in [6.07, 6.45) is 3.47. The smallest absolute Gasteiger partial charge is 0.239 e. The highest BCUT2D eigenvalue weighted by Gasteiger charge is 2.34. The van der Waals surface area contributed by atoms with Gasteiger partial charge in [-0.1, -0.05) is 6.92 Å². The summed E-state index contributed by atoms with van der Waals surface area (Å²) in [4.78, 5) is 13.3. The van der Waals surface area contributed by atoms with E-state index in [9.17, 15) is 4.79 Å². The first kappa shape index (κ1) is 9.00. The number of likely N-dealkylation sites (N-methyl/N-ethyl adjacent to an activating group) is 1. The van der Waals surface area contributed by atoms with Crippen molar-refractivity contribution in [3.05, 3.63) is 0 Å². The Balaban J connectivity index is 1.79. The molecule has 1 aliphatic heterocycles. The van der Waals surface area contributed by atoms with Crippen LogP contribution in [0.3, 0.4) is 0 Å². The summed E-state index contributed by atoms with van der Waals surface area (Å²) in [5, 5.41) is 3.43. The molecule has 13 heavy (non-hydrogen) atoms. The van der Waals surface area contributed by atoms with Crippen molar-refractivity contribution in [3.63, 3.8) is 0 Å². The fourth-order valence-corrected chi connectivity index (χ4v) is 2.30. The zero-order chi connectivity index (χ0) is 9.42. The number of carbonyl (C=O) groups is 1. The molecule has 0 radical (unpaired) electrons. The largest absolute Gasteiger partial charge is 0.344 e. The standard InChI is InChI=1S/C10H18N2O/c1-7-5-8(6-7)11-9-3-4-12(2)10(9)13/h7-9,11H,3-6H2,1-2H3. The van der Waals surface area contributed by atoms with E-state index in [4.69, 9.17) is 0 Å². The van der Waals surface area contributed by atoms with Crippen LogP contribution in [-0.2, 0) is 4.79 Å². The summed E-state index contributed by atoms with van der Waals surface area (Å²) >= 11 is 0. The Morgan fingerprint density at radius 3 is 2.62 bits per heavy atom. The normalized spacial score (nSPS) is 39.4. The van der Waals surface area contributed by atoms with E-state index in [0.717, 1.165) is 18.9 Å². The zero-order valence-corrected chi connectivity index (χ0v) is 8.42. The minimum absolute atomic E-state index is 0.113. The Bertz CT molecular complexity index is 211. The van der Waals surface area contributed by atoms with Crippen molar-refractivity contribution in [2.75, 3.05) is 13.6 Å². The maximum Gasteiger partial charge on any atom is 0.239 e. The number of nitrogens with zero attached hydrogens (tertiary/aromatic N) is 1. The maximum absolute atomic E-state index is 11.5. The molecule has 1 N–H and O–H groups in total. The van der Waals surface area contributed by atoms with Crippen molar-refractivity contribution in [1.82, 2.24) is 10.2 Å². The third-order valence-corrected chi connectivity index (χ3v) is 3.24. The highest BCUT2D eigenvalue weighted by Crippen LogP contribution is 2.27. The van der Waals surface area contributed by atoms with Gasteiger partial charge >= 0.3 is 0 Å². The maximum atomic E-state index is 11.5. The SMILES string of the molecule is CC1CC(NC2CCN(C)C2=O)C1. The van der Waals surface area contributed by atoms with Gasteiger partial charge in [0.25, 0.3) is 0 Å². The van der Waals surface area contributed by atoms with Crippen molar-refractivity contribution in [2.24, 2.45) is 5.92 Å². The van der Waals surface area contributed by atoms with Crippen molar-refractivity contribution >= 4 is 5.91 Å². The van der Waals surface area contributed by atoms with Crippen molar-refractivity contribution in [1.29, 1.82) is 0 Å². The van der Waals surface area contributed by atoms with Crippen LogP contribution in [0.1, 0.15) is 26.2 Å². The summed E-state index contributed by atoms with van der Waals surface area (Å²) in [5.41, 5.74) is 0. The minimum Gasteiger partial charge on any atom is -0.344 e. The van der Waals surface area contributed by atoms with Crippen LogP contribution in [0.25, 0.3) is 0 Å². The van der Waals surface area contributed by atoms with Gasteiger partial charge in [0.05, 0.1) is 6.04 Å². The molecule has 3 nitrogen and oxygen atoms in total. The van der Waals surface area contributed by atoms with Crippen LogP contribution in [0.15, 0.2) is 0 Å². The molecule has 3 heteroatoms. The molecule has 1 saturated heterocycles. The van der Waals surface area contributed by atoms with Gasteiger partial charge in [-0.25, -0.2) is 0 Å². The number of amides is 1. The fourth-order valence-electron chi connectivity index (χ4n) is 2.30. The first-order chi connectivity index (χ1) is 6.16. The lowest BCUT2D eigenvalue weighted by molar-refractivity contribution is -0.128. The van der Waals surface area contributed by atoms with E-state index >= 15 is 0 Å². The second-order valence-electron chi connectivity index (χ2n) is 4.54. The molecule has 0 aromatic heterocycles. The lowest BCUT2D eigenvalue weighted by Crippen LogP contribution is -2.48. The Morgan fingerprint density at radius 2 is 2.15 bits per heavy atom. The molecule has 2 aliphatic rings. The van der Waals surface area contributed by atoms with E-state index in [1.54, 1.807) is 0 Å². The van der Waals surface area contributed by atoms with Crippen molar-refractivity contribution < 1.29 is 4.79 Å². The molecule has 1 aliphatic carbocycles. The van der Waals surface area contributed by atoms with Gasteiger partial charge in [0.15, 0.2) is 0 Å². The van der Waals surface area contributed by atoms with Crippen LogP contribution in [0, 0.1) is 5.92 Å². The van der Waals surface area contributed by atoms with Crippen molar-refractivity contribution in [3.8, 4) is 0 Å². The monoisotopic (exact) mass is 182 g/mol. The Kier molecular flexibility index (Phi) is 2.28. The number of rotatable bonds is 2. The highest BCUT2D eigenvalue weighted by atomic mass is 16.2. The summed E-state index contributed by atoms with van der Waals surface area (Å²) in [6.45, 7) is 3.18. The molecule has 1 saturated carbocycles. The van der Waals surface area contributed by atoms with Gasteiger partial charge in [0.2, 0.25) is 5.91 Å². The number of hydrogen-bond donors (Lipinski definition) is 1. The summed E-state index contributed by atoms with van der Waals surface area (Å²) < 4.78 is 0. The quantitative estimate of drug-likeness (QED) is 0.678. The van der Waals surface area contributed by atoms with Crippen LogP contribution in [0.2, 0.25) is 0 Å². The predicted octanol–water partition coefficient (Wildman–Crippen LogP) is 0.605. The van der Waals surface area contributed by atoms with Gasteiger partial charge in [0.1, 0.15) is 0 Å². The summed E-state index contributed by atoms with van der Waals surface area (Å²) in [6, 6.07) is 0.720. The summed E-state index contributed by atoms with van der Waals surface area (Å²) in [5.74, 6) is 1.13. The zero-order valence-electron chi connectivity index (χ0n) is 8.42. The lowest BCUT2D eigenvalue weighted by Gasteiger charge is -2.35. The molecule has 1 heterocycles. The van der Waals surface area contributed by atoms with Crippen LogP contribution in [0.5, 0.6) is 0 Å². The fraction of sp³-hybridized carbons (Fsp3) is 0.900. The molecule has 2 fully saturated rings. The number of hydrogen-bond acceptors (Lipinski definition) is 2. The van der Waals surface area contributed by atoms with Crippen molar-refractivity contribution in [2.45, 2.75) is 38.3 Å². The average molecular weight is 182 g/mol. The van der Waals surface area contributed by atoms with Gasteiger partial charge in [-0.15, -0.1) is 0 Å². The molecule has 2 rings (SSSR count). The van der Waals surface area contributed by atoms with E-state index < -0.39 is 0 Å². The average Bonchev–Trinajstić information content (AvgIpc) is 2.33. The van der Waals surface area contributed by atoms with E-state index in [1.165, 1.54) is 12.8 Å². The third-order valence-electron chi connectivity index (χ3n) is 3.24. The predicted molar refractivity (Wildman–Crippen MR) is 51.4 cm³/mol. The minimum atomic E-state index is 0.113. The molecular weight excluding hydrogens is 164 g/mol. The molecule has 1 unspecified atom stereocenters. The van der Waals surface area contributed by atoms with Crippen LogP contribution < -0.4 is 5.32 Å². The Hall–Kier alpha value is -0.570. The van der Waals surface area contributed by atoms with E-state index in [-0.39, 0.29) is 11.9 Å². The molecule has 0 aromatic rings. The van der Waals surface area contributed by atoms with Gasteiger partial charge < -0.3 is 10.2 Å². The molecule has 74 valence electrons. The molecule has 1 amide bonds. The highest BCUT2D eigenvalue weighted by molar-refractivity contribution is 5.83. The first-order valence-electron chi connectivity index (χ1n) is 5.18. The number of likely N-dealkylation sites (tertiary alicyclic amines) is 1. The van der Waals surface area contributed by atoms with E-state index in [1.807, 2.05) is 11.9 Å². The topological polar surface area (TPSA) is 32.3 Å². The third kappa shape index (κ3) is 1.70. The number of carbonyl (C=O) groups excluding carboxylic acids is 1. The second kappa shape index (κ2) is 3.29. The lowest BCUT2D eigenvalue weighted by atomic mass is 9.81. The Morgan fingerprint density at radius 1 is 1.46 bits per heavy atom. The van der Waals surface area contributed by atoms with Gasteiger partial charge in [-0.05, 0) is 25.2 Å². The van der Waals surface area contributed by atoms with Crippen LogP contribution in [0.4, 0.5) is 0 Å². The number of nitrogens with one attached hydrogen (secondary N) is 1. The van der Waals surface area contributed by atoms with Crippen LogP contribution >= 0.6 is 0 Å². The molecular formula is C10H18N2O. The van der Waals surface area contributed by atoms with Gasteiger partial charge in [0, 0.05) is 19.6 Å². The Labute approximate surface area is 79.5 Å². The molecule has 0 bridgehead atoms. The molecule has 0 spiro atoms.